The first kappa shape index (κ1) is 28.2. The summed E-state index contributed by atoms with van der Waals surface area (Å²) in [5, 5.41) is 53.4. The Labute approximate surface area is 209 Å². The number of halogens is 3. The molecule has 0 saturated heterocycles. The number of carbonyl (C=O) groups is 3. The molecule has 0 aliphatic heterocycles. The normalized spacial score (nSPS) is 12.1. The fourth-order valence-corrected chi connectivity index (χ4v) is 5.32. The summed E-state index contributed by atoms with van der Waals surface area (Å²) < 4.78 is 0.229. The summed E-state index contributed by atoms with van der Waals surface area (Å²) in [6, 6.07) is -1.98. The van der Waals surface area contributed by atoms with E-state index in [2.05, 4.69) is 16.0 Å². The van der Waals surface area contributed by atoms with E-state index in [4.69, 9.17) is 11.6 Å². The quantitative estimate of drug-likeness (QED) is 0.145. The minimum absolute atomic E-state index is 0.0758. The molecule has 3 amide bonds. The first-order chi connectivity index (χ1) is 14.5. The van der Waals surface area contributed by atoms with E-state index in [9.17, 15) is 39.9 Å². The number of aliphatic hydroxyl groups is 5. The van der Waals surface area contributed by atoms with Crippen molar-refractivity contribution in [3.05, 3.63) is 23.3 Å². The zero-order chi connectivity index (χ0) is 23.9. The monoisotopic (exact) mass is 685 g/mol. The van der Waals surface area contributed by atoms with Gasteiger partial charge in [-0.25, -0.2) is 0 Å². The molecule has 31 heavy (non-hydrogen) atoms. The van der Waals surface area contributed by atoms with E-state index in [1.807, 2.05) is 0 Å². The van der Waals surface area contributed by atoms with Crippen molar-refractivity contribution in [3.8, 4) is 0 Å². The number of amides is 3. The first-order valence-corrected chi connectivity index (χ1v) is 11.3. The van der Waals surface area contributed by atoms with Gasteiger partial charge in [0.05, 0.1) is 63.9 Å². The summed E-state index contributed by atoms with van der Waals surface area (Å²) in [5.41, 5.74) is -0.406. The van der Waals surface area contributed by atoms with Crippen LogP contribution in [0.5, 0.6) is 0 Å². The van der Waals surface area contributed by atoms with Crippen LogP contribution in [0, 0.1) is 7.14 Å². The molecule has 0 saturated carbocycles. The van der Waals surface area contributed by atoms with E-state index >= 15 is 0 Å². The molecule has 0 heterocycles. The highest BCUT2D eigenvalue weighted by atomic mass is 127. The summed E-state index contributed by atoms with van der Waals surface area (Å²) in [6.45, 7) is -1.000. The lowest BCUT2D eigenvalue weighted by atomic mass is 10.1. The van der Waals surface area contributed by atoms with Gasteiger partial charge in [-0.1, -0.05) is 11.6 Å². The molecule has 1 aromatic rings. The van der Waals surface area contributed by atoms with Gasteiger partial charge >= 0.3 is 0 Å². The Hall–Kier alpha value is -0.820. The Morgan fingerprint density at radius 2 is 1.29 bits per heavy atom. The Morgan fingerprint density at radius 3 is 1.68 bits per heavy atom. The van der Waals surface area contributed by atoms with E-state index in [1.54, 1.807) is 45.2 Å². The van der Waals surface area contributed by atoms with Gasteiger partial charge in [-0.15, -0.1) is 0 Å². The number of carbonyl (C=O) groups excluding carboxylic acids is 3. The van der Waals surface area contributed by atoms with Crippen LogP contribution in [0.25, 0.3) is 0 Å². The van der Waals surface area contributed by atoms with Crippen molar-refractivity contribution >= 4 is 80.2 Å². The van der Waals surface area contributed by atoms with Crippen molar-refractivity contribution in [2.75, 3.05) is 31.7 Å². The molecule has 0 spiro atoms. The van der Waals surface area contributed by atoms with Gasteiger partial charge in [0.2, 0.25) is 0 Å². The van der Waals surface area contributed by atoms with Crippen molar-refractivity contribution in [3.63, 3.8) is 0 Å². The van der Waals surface area contributed by atoms with Gasteiger partial charge in [0, 0.05) is 3.57 Å². The summed E-state index contributed by atoms with van der Waals surface area (Å²) in [6.07, 6.45) is -1.41. The number of anilines is 1. The summed E-state index contributed by atoms with van der Waals surface area (Å²) in [7, 11) is 0. The Kier molecular flexibility index (Phi) is 11.9. The van der Waals surface area contributed by atoms with E-state index in [0.717, 1.165) is 0 Å². The molecule has 0 unspecified atom stereocenters. The molecule has 11 nitrogen and oxygen atoms in total. The number of rotatable bonds is 10. The summed E-state index contributed by atoms with van der Waals surface area (Å²) in [5.74, 6) is -2.44. The second kappa shape index (κ2) is 13.0. The predicted octanol–water partition coefficient (Wildman–Crippen LogP) is -0.966. The lowest BCUT2D eigenvalue weighted by molar-refractivity contribution is -0.123. The fraction of sp³-hybridized carbons (Fsp3) is 0.471. The third kappa shape index (κ3) is 7.08. The van der Waals surface area contributed by atoms with Crippen LogP contribution in [-0.4, -0.2) is 87.9 Å². The average molecular weight is 686 g/mol. The van der Waals surface area contributed by atoms with E-state index < -0.39 is 62.3 Å². The fourth-order valence-electron chi connectivity index (χ4n) is 2.21. The highest BCUT2D eigenvalue weighted by Gasteiger charge is 2.30. The third-order valence-corrected chi connectivity index (χ3v) is 6.49. The maximum atomic E-state index is 12.8. The van der Waals surface area contributed by atoms with Crippen LogP contribution < -0.4 is 16.0 Å². The highest BCUT2D eigenvalue weighted by Crippen LogP contribution is 2.38. The van der Waals surface area contributed by atoms with Gasteiger partial charge in [-0.3, -0.25) is 14.4 Å². The third-order valence-electron chi connectivity index (χ3n) is 3.95. The standard InChI is InChI=1S/C17H22ClI2N3O8/c1-6(28)15(29)23-14-11(18)9(16(30)21-7(2-24)3-25)12(19)10(13(14)20)17(31)22-8(4-26)5-27/h6-8,24-28H,2-5H2,1H3,(H,21,30)(H,22,31)(H,23,29)/t6-/m1/s1. The molecule has 1 rings (SSSR count). The minimum atomic E-state index is -1.41. The zero-order valence-electron chi connectivity index (χ0n) is 16.2. The van der Waals surface area contributed by atoms with Crippen molar-refractivity contribution in [2.45, 2.75) is 25.1 Å². The Balaban J connectivity index is 3.66. The molecule has 0 bridgehead atoms. The number of aliphatic hydroxyl groups excluding tert-OH is 5. The van der Waals surface area contributed by atoms with Crippen LogP contribution in [0.2, 0.25) is 5.02 Å². The van der Waals surface area contributed by atoms with Crippen LogP contribution in [0.3, 0.4) is 0 Å². The molecular weight excluding hydrogens is 663 g/mol. The average Bonchev–Trinajstić information content (AvgIpc) is 2.72. The van der Waals surface area contributed by atoms with Crippen LogP contribution in [0.4, 0.5) is 5.69 Å². The van der Waals surface area contributed by atoms with Crippen LogP contribution >= 0.6 is 56.8 Å². The first-order valence-electron chi connectivity index (χ1n) is 8.78. The van der Waals surface area contributed by atoms with Gasteiger partial charge < -0.3 is 41.5 Å². The molecule has 1 aromatic carbocycles. The van der Waals surface area contributed by atoms with Gasteiger partial charge in [0.1, 0.15) is 6.10 Å². The van der Waals surface area contributed by atoms with Crippen LogP contribution in [0.15, 0.2) is 0 Å². The predicted molar refractivity (Wildman–Crippen MR) is 128 cm³/mol. The SMILES string of the molecule is C[C@@H](O)C(=O)Nc1c(Cl)c(C(=O)NC(CO)CO)c(I)c(C(=O)NC(CO)CO)c1I. The van der Waals surface area contributed by atoms with Crippen LogP contribution in [-0.2, 0) is 4.79 Å². The molecule has 0 radical (unpaired) electrons. The van der Waals surface area contributed by atoms with Crippen molar-refractivity contribution in [1.29, 1.82) is 0 Å². The lowest BCUT2D eigenvalue weighted by Crippen LogP contribution is -2.42. The maximum Gasteiger partial charge on any atom is 0.254 e. The van der Waals surface area contributed by atoms with Crippen molar-refractivity contribution in [2.24, 2.45) is 0 Å². The molecule has 0 aliphatic rings. The lowest BCUT2D eigenvalue weighted by Gasteiger charge is -2.22. The smallest absolute Gasteiger partial charge is 0.254 e. The highest BCUT2D eigenvalue weighted by molar-refractivity contribution is 14.1. The van der Waals surface area contributed by atoms with Gasteiger partial charge in [0.25, 0.3) is 17.7 Å². The molecule has 14 heteroatoms. The van der Waals surface area contributed by atoms with Gasteiger partial charge in [0.15, 0.2) is 0 Å². The second-order valence-corrected chi connectivity index (χ2v) is 8.84. The van der Waals surface area contributed by atoms with E-state index in [1.165, 1.54) is 6.92 Å². The maximum absolute atomic E-state index is 12.8. The number of hydrogen-bond acceptors (Lipinski definition) is 8. The number of nitrogens with one attached hydrogen (secondary N) is 3. The molecular formula is C17H22ClI2N3O8. The molecule has 1 atom stereocenters. The summed E-state index contributed by atoms with van der Waals surface area (Å²) >= 11 is 9.80. The molecule has 8 N–H and O–H groups in total. The summed E-state index contributed by atoms with van der Waals surface area (Å²) in [4.78, 5) is 37.7. The Morgan fingerprint density at radius 1 is 0.871 bits per heavy atom. The number of hydrogen-bond donors (Lipinski definition) is 8. The zero-order valence-corrected chi connectivity index (χ0v) is 21.2. The topological polar surface area (TPSA) is 188 Å². The van der Waals surface area contributed by atoms with E-state index in [0.29, 0.717) is 0 Å². The van der Waals surface area contributed by atoms with Gasteiger partial charge in [-0.05, 0) is 52.1 Å². The Bertz CT molecular complexity index is 779. The van der Waals surface area contributed by atoms with Crippen LogP contribution in [0.1, 0.15) is 27.6 Å². The number of benzene rings is 1. The molecule has 0 fully saturated rings. The largest absolute Gasteiger partial charge is 0.394 e. The van der Waals surface area contributed by atoms with Crippen molar-refractivity contribution < 1.29 is 39.9 Å². The molecule has 174 valence electrons. The molecule has 0 aromatic heterocycles. The second-order valence-electron chi connectivity index (χ2n) is 6.30. The molecule has 0 aliphatic carbocycles. The van der Waals surface area contributed by atoms with Crippen molar-refractivity contribution in [1.82, 2.24) is 10.6 Å². The minimum Gasteiger partial charge on any atom is -0.394 e. The van der Waals surface area contributed by atoms with Gasteiger partial charge in [-0.2, -0.15) is 0 Å². The van der Waals surface area contributed by atoms with E-state index in [-0.39, 0.29) is 29.0 Å².